The molecule has 0 atom stereocenters. The van der Waals surface area contributed by atoms with Gasteiger partial charge in [-0.25, -0.2) is 4.39 Å². The van der Waals surface area contributed by atoms with E-state index in [2.05, 4.69) is 0 Å². The number of phenolic OH excluding ortho intramolecular Hbond substituents is 1. The molecule has 0 aliphatic carbocycles. The molecule has 0 radical (unpaired) electrons. The summed E-state index contributed by atoms with van der Waals surface area (Å²) in [5, 5.41) is 9.85. The summed E-state index contributed by atoms with van der Waals surface area (Å²) in [5.74, 6) is -0.339. The average molecular weight is 412 g/mol. The summed E-state index contributed by atoms with van der Waals surface area (Å²) in [6, 6.07) is 25.1. The van der Waals surface area contributed by atoms with Crippen molar-refractivity contribution < 1.29 is 23.8 Å². The Labute approximate surface area is 178 Å². The van der Waals surface area contributed by atoms with Crippen LogP contribution in [0.25, 0.3) is 0 Å². The number of ether oxygens (including phenoxy) is 1. The zero-order valence-corrected chi connectivity index (χ0v) is 16.3. The molecular weight excluding hydrogens is 395 g/mol. The molecule has 0 bridgehead atoms. The third kappa shape index (κ3) is 4.36. The van der Waals surface area contributed by atoms with Crippen molar-refractivity contribution in [2.45, 2.75) is 0 Å². The topological polar surface area (TPSA) is 63.6 Å². The number of hydrogen-bond donors (Lipinski definition) is 1. The molecule has 31 heavy (non-hydrogen) atoms. The number of aromatic hydroxyl groups is 1. The van der Waals surface area contributed by atoms with Crippen LogP contribution in [0.1, 0.15) is 31.8 Å². The quantitative estimate of drug-likeness (QED) is 0.408. The zero-order valence-electron chi connectivity index (χ0n) is 16.3. The minimum absolute atomic E-state index is 0.0147. The van der Waals surface area contributed by atoms with E-state index in [-0.39, 0.29) is 22.7 Å². The summed E-state index contributed by atoms with van der Waals surface area (Å²) >= 11 is 0. The summed E-state index contributed by atoms with van der Waals surface area (Å²) in [5.41, 5.74) is 1.01. The molecule has 0 fully saturated rings. The summed E-state index contributed by atoms with van der Waals surface area (Å²) < 4.78 is 19.6. The molecule has 0 unspecified atom stereocenters. The van der Waals surface area contributed by atoms with Crippen molar-refractivity contribution in [1.29, 1.82) is 0 Å². The van der Waals surface area contributed by atoms with Crippen LogP contribution in [0, 0.1) is 5.82 Å². The first-order chi connectivity index (χ1) is 15.0. The molecule has 0 aliphatic heterocycles. The Morgan fingerprint density at radius 3 is 1.58 bits per heavy atom. The van der Waals surface area contributed by atoms with E-state index in [1.54, 1.807) is 72.8 Å². The van der Waals surface area contributed by atoms with E-state index < -0.39 is 11.6 Å². The van der Waals surface area contributed by atoms with Crippen LogP contribution in [0.2, 0.25) is 0 Å². The fraction of sp³-hybridized carbons (Fsp3) is 0. The lowest BCUT2D eigenvalue weighted by Crippen LogP contribution is -2.03. The number of rotatable bonds is 6. The van der Waals surface area contributed by atoms with Crippen molar-refractivity contribution in [2.75, 3.05) is 0 Å². The second-order valence-electron chi connectivity index (χ2n) is 6.81. The highest BCUT2D eigenvalue weighted by Crippen LogP contribution is 2.25. The van der Waals surface area contributed by atoms with Crippen LogP contribution < -0.4 is 4.74 Å². The van der Waals surface area contributed by atoms with Crippen LogP contribution >= 0.6 is 0 Å². The normalized spacial score (nSPS) is 10.5. The highest BCUT2D eigenvalue weighted by Gasteiger charge is 2.14. The lowest BCUT2D eigenvalue weighted by atomic mass is 10.0. The Kier molecular flexibility index (Phi) is 5.58. The van der Waals surface area contributed by atoms with Gasteiger partial charge in [-0.3, -0.25) is 9.59 Å². The van der Waals surface area contributed by atoms with Gasteiger partial charge >= 0.3 is 0 Å². The van der Waals surface area contributed by atoms with E-state index in [1.807, 2.05) is 0 Å². The van der Waals surface area contributed by atoms with Gasteiger partial charge in [0.15, 0.2) is 11.6 Å². The molecule has 4 aromatic carbocycles. The van der Waals surface area contributed by atoms with Crippen LogP contribution in [-0.4, -0.2) is 16.7 Å². The summed E-state index contributed by atoms with van der Waals surface area (Å²) in [6.07, 6.45) is 0. The summed E-state index contributed by atoms with van der Waals surface area (Å²) in [6.45, 7) is 0. The molecule has 5 heteroatoms. The van der Waals surface area contributed by atoms with Crippen LogP contribution in [0.5, 0.6) is 17.2 Å². The fourth-order valence-corrected chi connectivity index (χ4v) is 3.11. The highest BCUT2D eigenvalue weighted by atomic mass is 19.1. The van der Waals surface area contributed by atoms with Crippen LogP contribution in [0.15, 0.2) is 97.1 Å². The monoisotopic (exact) mass is 412 g/mol. The molecule has 0 spiro atoms. The molecule has 0 amide bonds. The lowest BCUT2D eigenvalue weighted by Gasteiger charge is -2.08. The van der Waals surface area contributed by atoms with E-state index >= 15 is 0 Å². The van der Waals surface area contributed by atoms with E-state index in [0.717, 1.165) is 0 Å². The number of hydrogen-bond acceptors (Lipinski definition) is 4. The van der Waals surface area contributed by atoms with Crippen molar-refractivity contribution in [3.05, 3.63) is 125 Å². The van der Waals surface area contributed by atoms with Gasteiger partial charge in [0.05, 0.1) is 11.1 Å². The molecule has 1 N–H and O–H groups in total. The van der Waals surface area contributed by atoms with E-state index in [4.69, 9.17) is 4.74 Å². The largest absolute Gasteiger partial charge is 0.507 e. The van der Waals surface area contributed by atoms with Crippen molar-refractivity contribution >= 4 is 11.6 Å². The maximum atomic E-state index is 13.8. The van der Waals surface area contributed by atoms with Crippen molar-refractivity contribution in [1.82, 2.24) is 0 Å². The first-order valence-corrected chi connectivity index (χ1v) is 9.53. The van der Waals surface area contributed by atoms with Gasteiger partial charge in [0, 0.05) is 11.1 Å². The second kappa shape index (κ2) is 8.63. The summed E-state index contributed by atoms with van der Waals surface area (Å²) in [4.78, 5) is 25.0. The predicted molar refractivity (Wildman–Crippen MR) is 114 cm³/mol. The number of para-hydroxylation sites is 1. The lowest BCUT2D eigenvalue weighted by molar-refractivity contribution is 0.102. The Hall–Kier alpha value is -4.25. The maximum absolute atomic E-state index is 13.8. The molecule has 0 aliphatic rings. The minimum Gasteiger partial charge on any atom is -0.507 e. The first kappa shape index (κ1) is 20.0. The zero-order chi connectivity index (χ0) is 21.8. The van der Waals surface area contributed by atoms with Gasteiger partial charge in [0.25, 0.3) is 0 Å². The number of benzene rings is 4. The average Bonchev–Trinajstić information content (AvgIpc) is 2.80. The van der Waals surface area contributed by atoms with E-state index in [1.165, 1.54) is 24.3 Å². The third-order valence-electron chi connectivity index (χ3n) is 4.74. The van der Waals surface area contributed by atoms with Gasteiger partial charge in [-0.1, -0.05) is 24.3 Å². The van der Waals surface area contributed by atoms with Crippen molar-refractivity contribution in [3.63, 3.8) is 0 Å². The van der Waals surface area contributed by atoms with Crippen LogP contribution in [-0.2, 0) is 0 Å². The second-order valence-corrected chi connectivity index (χ2v) is 6.81. The molecule has 0 aromatic heterocycles. The van der Waals surface area contributed by atoms with E-state index in [9.17, 15) is 19.1 Å². The van der Waals surface area contributed by atoms with Gasteiger partial charge in [-0.15, -0.1) is 0 Å². The van der Waals surface area contributed by atoms with Gasteiger partial charge in [-0.2, -0.15) is 0 Å². The van der Waals surface area contributed by atoms with E-state index in [0.29, 0.717) is 22.6 Å². The molecule has 0 heterocycles. The van der Waals surface area contributed by atoms with Crippen LogP contribution in [0.3, 0.4) is 0 Å². The standard InChI is InChI=1S/C26H17FO4/c27-23-7-3-1-5-21(23)25(29)17-9-13-19(14-10-17)31-20-15-11-18(12-16-20)26(30)22-6-2-4-8-24(22)28/h1-16,28H. The van der Waals surface area contributed by atoms with Crippen molar-refractivity contribution in [3.8, 4) is 17.2 Å². The van der Waals surface area contributed by atoms with Gasteiger partial charge in [0.1, 0.15) is 23.1 Å². The number of phenols is 1. The Bertz CT molecular complexity index is 1150. The molecule has 4 nitrogen and oxygen atoms in total. The predicted octanol–water partition coefficient (Wildman–Crippen LogP) is 5.79. The number of ketones is 2. The highest BCUT2D eigenvalue weighted by molar-refractivity contribution is 6.10. The van der Waals surface area contributed by atoms with Crippen LogP contribution in [0.4, 0.5) is 4.39 Å². The Morgan fingerprint density at radius 2 is 1.06 bits per heavy atom. The molecular formula is C26H17FO4. The molecule has 4 aromatic rings. The molecule has 0 saturated carbocycles. The van der Waals surface area contributed by atoms with Gasteiger partial charge < -0.3 is 9.84 Å². The Morgan fingerprint density at radius 1 is 0.613 bits per heavy atom. The molecule has 0 saturated heterocycles. The molecule has 152 valence electrons. The summed E-state index contributed by atoms with van der Waals surface area (Å²) in [7, 11) is 0. The number of carbonyl (C=O) groups is 2. The minimum atomic E-state index is -0.564. The maximum Gasteiger partial charge on any atom is 0.196 e. The molecule has 4 rings (SSSR count). The first-order valence-electron chi connectivity index (χ1n) is 9.53. The van der Waals surface area contributed by atoms with Crippen molar-refractivity contribution in [2.24, 2.45) is 0 Å². The fourth-order valence-electron chi connectivity index (χ4n) is 3.11. The number of halogens is 1. The smallest absolute Gasteiger partial charge is 0.196 e. The SMILES string of the molecule is O=C(c1ccc(Oc2ccc(C(=O)c3ccccc3F)cc2)cc1)c1ccccc1O. The Balaban J connectivity index is 1.46. The number of carbonyl (C=O) groups excluding carboxylic acids is 2. The third-order valence-corrected chi connectivity index (χ3v) is 4.74. The van der Waals surface area contributed by atoms with Gasteiger partial charge in [0.2, 0.25) is 0 Å². The van der Waals surface area contributed by atoms with Gasteiger partial charge in [-0.05, 0) is 72.8 Å².